The highest BCUT2D eigenvalue weighted by Gasteiger charge is 2.22. The van der Waals surface area contributed by atoms with Gasteiger partial charge in [0.15, 0.2) is 11.2 Å². The quantitative estimate of drug-likeness (QED) is 0.477. The van der Waals surface area contributed by atoms with Crippen LogP contribution in [0.5, 0.6) is 0 Å². The lowest BCUT2D eigenvalue weighted by Crippen LogP contribution is -2.32. The van der Waals surface area contributed by atoms with Crippen LogP contribution in [0.1, 0.15) is 19.4 Å². The molecule has 10 heteroatoms. The molecule has 29 heavy (non-hydrogen) atoms. The molecule has 0 saturated carbocycles. The molecule has 2 heterocycles. The van der Waals surface area contributed by atoms with Gasteiger partial charge in [-0.05, 0) is 12.8 Å². The number of nitro benzene ring substituents is 1. The van der Waals surface area contributed by atoms with E-state index in [1.54, 1.807) is 23.6 Å². The van der Waals surface area contributed by atoms with E-state index in [4.69, 9.17) is 4.74 Å². The van der Waals surface area contributed by atoms with Crippen LogP contribution in [0.25, 0.3) is 22.6 Å². The van der Waals surface area contributed by atoms with Crippen molar-refractivity contribution in [2.75, 3.05) is 13.7 Å². The second kappa shape index (κ2) is 8.00. The summed E-state index contributed by atoms with van der Waals surface area (Å²) < 4.78 is 8.23. The number of hydrogen-bond donors (Lipinski definition) is 1. The van der Waals surface area contributed by atoms with E-state index in [1.165, 1.54) is 17.7 Å². The highest BCUT2D eigenvalue weighted by atomic mass is 16.6. The first kappa shape index (κ1) is 20.5. The van der Waals surface area contributed by atoms with Gasteiger partial charge in [0, 0.05) is 37.4 Å². The number of aryl methyl sites for hydroxylation is 1. The van der Waals surface area contributed by atoms with E-state index >= 15 is 0 Å². The van der Waals surface area contributed by atoms with Crippen LogP contribution in [0.15, 0.2) is 27.8 Å². The zero-order chi connectivity index (χ0) is 21.3. The Kier molecular flexibility index (Phi) is 5.64. The number of rotatable bonds is 7. The molecule has 0 aliphatic rings. The molecule has 0 aliphatic heterocycles. The average Bonchev–Trinajstić information content (AvgIpc) is 3.03. The molecule has 1 aromatic carbocycles. The standard InChI is InChI=1S/C19H23N5O5/c1-11(2)10-23-17-15(18(25)21-19(23)26)22(7-8-29-4)16(20-17)13-6-5-12(3)14(9-13)24(27)28/h5-6,9,11H,7-8,10H2,1-4H3,(H,21,25,26). The maximum absolute atomic E-state index is 12.6. The van der Waals surface area contributed by atoms with Gasteiger partial charge in [0.1, 0.15) is 5.82 Å². The molecule has 0 fully saturated rings. The number of nitrogens with zero attached hydrogens (tertiary/aromatic N) is 4. The van der Waals surface area contributed by atoms with Gasteiger partial charge in [-0.2, -0.15) is 0 Å². The van der Waals surface area contributed by atoms with Gasteiger partial charge in [0.05, 0.1) is 11.5 Å². The Bertz CT molecular complexity index is 1190. The van der Waals surface area contributed by atoms with Crippen LogP contribution < -0.4 is 11.2 Å². The summed E-state index contributed by atoms with van der Waals surface area (Å²) in [7, 11) is 1.54. The maximum Gasteiger partial charge on any atom is 0.330 e. The van der Waals surface area contributed by atoms with E-state index in [-0.39, 0.29) is 22.8 Å². The van der Waals surface area contributed by atoms with Gasteiger partial charge in [0.25, 0.3) is 11.2 Å². The Labute approximate surface area is 165 Å². The van der Waals surface area contributed by atoms with Crippen LogP contribution in [0.2, 0.25) is 0 Å². The Morgan fingerprint density at radius 2 is 2.00 bits per heavy atom. The van der Waals surface area contributed by atoms with Crippen LogP contribution in [-0.4, -0.2) is 37.7 Å². The minimum absolute atomic E-state index is 0.0404. The molecular weight excluding hydrogens is 378 g/mol. The summed E-state index contributed by atoms with van der Waals surface area (Å²) in [6.45, 7) is 6.54. The van der Waals surface area contributed by atoms with Gasteiger partial charge in [-0.1, -0.05) is 26.0 Å². The molecule has 3 rings (SSSR count). The number of H-pyrrole nitrogens is 1. The van der Waals surface area contributed by atoms with Crippen molar-refractivity contribution >= 4 is 16.9 Å². The smallest absolute Gasteiger partial charge is 0.330 e. The van der Waals surface area contributed by atoms with Crippen molar-refractivity contribution in [3.63, 3.8) is 0 Å². The largest absolute Gasteiger partial charge is 0.383 e. The van der Waals surface area contributed by atoms with Crippen molar-refractivity contribution in [2.24, 2.45) is 5.92 Å². The van der Waals surface area contributed by atoms with Gasteiger partial charge in [-0.25, -0.2) is 9.78 Å². The van der Waals surface area contributed by atoms with Crippen molar-refractivity contribution in [3.8, 4) is 11.4 Å². The van der Waals surface area contributed by atoms with Crippen LogP contribution in [-0.2, 0) is 17.8 Å². The number of imidazole rings is 1. The number of nitro groups is 1. The van der Waals surface area contributed by atoms with Gasteiger partial charge >= 0.3 is 5.69 Å². The summed E-state index contributed by atoms with van der Waals surface area (Å²) in [5.41, 5.74) is 0.365. The van der Waals surface area contributed by atoms with E-state index in [2.05, 4.69) is 9.97 Å². The van der Waals surface area contributed by atoms with Crippen LogP contribution in [0.3, 0.4) is 0 Å². The van der Waals surface area contributed by atoms with Gasteiger partial charge in [0.2, 0.25) is 0 Å². The maximum atomic E-state index is 12.6. The topological polar surface area (TPSA) is 125 Å². The predicted molar refractivity (Wildman–Crippen MR) is 108 cm³/mol. The molecule has 0 spiro atoms. The number of fused-ring (bicyclic) bond motifs is 1. The van der Waals surface area contributed by atoms with Gasteiger partial charge < -0.3 is 9.30 Å². The summed E-state index contributed by atoms with van der Waals surface area (Å²) >= 11 is 0. The number of ether oxygens (including phenoxy) is 1. The number of aromatic amines is 1. The Morgan fingerprint density at radius 3 is 2.62 bits per heavy atom. The molecule has 0 radical (unpaired) electrons. The second-order valence-corrected chi connectivity index (χ2v) is 7.27. The molecule has 0 aliphatic carbocycles. The number of hydrogen-bond acceptors (Lipinski definition) is 6. The SMILES string of the molecule is COCCn1c(-c2ccc(C)c([N+](=O)[O-])c2)nc2c1c(=O)[nH]c(=O)n2CC(C)C. The summed E-state index contributed by atoms with van der Waals surface area (Å²) in [5, 5.41) is 11.4. The minimum Gasteiger partial charge on any atom is -0.383 e. The lowest BCUT2D eigenvalue weighted by molar-refractivity contribution is -0.385. The Balaban J connectivity index is 2.36. The third kappa shape index (κ3) is 3.83. The van der Waals surface area contributed by atoms with E-state index in [0.29, 0.717) is 36.6 Å². The molecule has 0 atom stereocenters. The van der Waals surface area contributed by atoms with Crippen molar-refractivity contribution < 1.29 is 9.66 Å². The van der Waals surface area contributed by atoms with E-state index in [1.807, 2.05) is 13.8 Å². The van der Waals surface area contributed by atoms with Crippen LogP contribution >= 0.6 is 0 Å². The van der Waals surface area contributed by atoms with E-state index in [0.717, 1.165) is 0 Å². The summed E-state index contributed by atoms with van der Waals surface area (Å²) in [6.07, 6.45) is 0. The second-order valence-electron chi connectivity index (χ2n) is 7.27. The number of nitrogens with one attached hydrogen (secondary N) is 1. The fraction of sp³-hybridized carbons (Fsp3) is 0.421. The first-order valence-electron chi connectivity index (χ1n) is 9.22. The number of benzene rings is 1. The molecule has 10 nitrogen and oxygen atoms in total. The molecule has 2 aromatic heterocycles. The number of aromatic nitrogens is 4. The molecule has 0 amide bonds. The van der Waals surface area contributed by atoms with Gasteiger partial charge in [-0.15, -0.1) is 0 Å². The molecular formula is C19H23N5O5. The predicted octanol–water partition coefficient (Wildman–Crippen LogP) is 2.07. The molecule has 0 bridgehead atoms. The number of methoxy groups -OCH3 is 1. The molecule has 0 saturated heterocycles. The average molecular weight is 401 g/mol. The summed E-state index contributed by atoms with van der Waals surface area (Å²) in [4.78, 5) is 42.8. The van der Waals surface area contributed by atoms with Crippen molar-refractivity contribution in [3.05, 3.63) is 54.7 Å². The monoisotopic (exact) mass is 401 g/mol. The zero-order valence-corrected chi connectivity index (χ0v) is 16.8. The molecule has 1 N–H and O–H groups in total. The molecule has 3 aromatic rings. The normalized spacial score (nSPS) is 11.5. The van der Waals surface area contributed by atoms with Crippen LogP contribution in [0.4, 0.5) is 5.69 Å². The Hall–Kier alpha value is -3.27. The third-order valence-electron chi connectivity index (χ3n) is 4.62. The first-order chi connectivity index (χ1) is 13.7. The lowest BCUT2D eigenvalue weighted by atomic mass is 10.1. The van der Waals surface area contributed by atoms with Crippen molar-refractivity contribution in [2.45, 2.75) is 33.9 Å². The summed E-state index contributed by atoms with van der Waals surface area (Å²) in [6, 6.07) is 4.78. The lowest BCUT2D eigenvalue weighted by Gasteiger charge is -2.10. The Morgan fingerprint density at radius 1 is 1.28 bits per heavy atom. The third-order valence-corrected chi connectivity index (χ3v) is 4.62. The van der Waals surface area contributed by atoms with Crippen molar-refractivity contribution in [1.29, 1.82) is 0 Å². The van der Waals surface area contributed by atoms with Crippen molar-refractivity contribution in [1.82, 2.24) is 19.1 Å². The minimum atomic E-state index is -0.554. The fourth-order valence-electron chi connectivity index (χ4n) is 3.27. The zero-order valence-electron chi connectivity index (χ0n) is 16.8. The van der Waals surface area contributed by atoms with E-state index in [9.17, 15) is 19.7 Å². The molecule has 0 unspecified atom stereocenters. The highest BCUT2D eigenvalue weighted by Crippen LogP contribution is 2.28. The highest BCUT2D eigenvalue weighted by molar-refractivity contribution is 5.77. The fourth-order valence-corrected chi connectivity index (χ4v) is 3.27. The van der Waals surface area contributed by atoms with Gasteiger partial charge in [-0.3, -0.25) is 24.5 Å². The van der Waals surface area contributed by atoms with Crippen LogP contribution in [0, 0.1) is 23.0 Å². The molecule has 154 valence electrons. The summed E-state index contributed by atoms with van der Waals surface area (Å²) in [5.74, 6) is 0.517. The van der Waals surface area contributed by atoms with E-state index < -0.39 is 16.2 Å². The first-order valence-corrected chi connectivity index (χ1v) is 9.22.